The Kier molecular flexibility index (Phi) is 3.53. The number of likely N-dealkylation sites (N-methyl/N-ethyl adjacent to an activating group) is 1. The van der Waals surface area contributed by atoms with Gasteiger partial charge in [0.1, 0.15) is 0 Å². The van der Waals surface area contributed by atoms with E-state index in [9.17, 15) is 10.1 Å². The molecule has 0 spiro atoms. The Morgan fingerprint density at radius 1 is 1.71 bits per heavy atom. The van der Waals surface area contributed by atoms with Crippen LogP contribution in [0.1, 0.15) is 12.8 Å². The molecule has 0 bridgehead atoms. The van der Waals surface area contributed by atoms with Gasteiger partial charge >= 0.3 is 5.69 Å². The Labute approximate surface area is 99.8 Å². The van der Waals surface area contributed by atoms with Crippen LogP contribution in [0.25, 0.3) is 0 Å². The van der Waals surface area contributed by atoms with Crippen molar-refractivity contribution in [2.24, 2.45) is 0 Å². The number of nitro groups is 1. The SMILES string of the molecule is CN(CC1CCCN1)c1ncccc1[N+](=O)[O-]. The van der Waals surface area contributed by atoms with Crippen molar-refractivity contribution in [2.75, 3.05) is 25.0 Å². The molecule has 0 aromatic carbocycles. The molecule has 0 amide bonds. The first-order valence-electron chi connectivity index (χ1n) is 5.72. The molecule has 1 aliphatic heterocycles. The van der Waals surface area contributed by atoms with Gasteiger partial charge in [-0.05, 0) is 25.5 Å². The molecule has 1 N–H and O–H groups in total. The number of hydrogen-bond donors (Lipinski definition) is 1. The molecule has 92 valence electrons. The summed E-state index contributed by atoms with van der Waals surface area (Å²) in [6, 6.07) is 3.48. The van der Waals surface area contributed by atoms with Gasteiger partial charge in [-0.2, -0.15) is 0 Å². The first-order chi connectivity index (χ1) is 8.18. The van der Waals surface area contributed by atoms with Crippen LogP contribution in [0.15, 0.2) is 18.3 Å². The highest BCUT2D eigenvalue weighted by atomic mass is 16.6. The minimum atomic E-state index is -0.388. The van der Waals surface area contributed by atoms with E-state index < -0.39 is 0 Å². The summed E-state index contributed by atoms with van der Waals surface area (Å²) in [7, 11) is 1.84. The topological polar surface area (TPSA) is 71.3 Å². The molecule has 17 heavy (non-hydrogen) atoms. The van der Waals surface area contributed by atoms with Gasteiger partial charge in [0, 0.05) is 31.9 Å². The van der Waals surface area contributed by atoms with Crippen LogP contribution in [0.5, 0.6) is 0 Å². The normalized spacial score (nSPS) is 19.2. The quantitative estimate of drug-likeness (QED) is 0.627. The first kappa shape index (κ1) is 11.8. The van der Waals surface area contributed by atoms with Crippen LogP contribution in [0.2, 0.25) is 0 Å². The lowest BCUT2D eigenvalue weighted by molar-refractivity contribution is -0.384. The number of anilines is 1. The predicted molar refractivity (Wildman–Crippen MR) is 65.2 cm³/mol. The van der Waals surface area contributed by atoms with Crippen LogP contribution >= 0.6 is 0 Å². The molecule has 1 saturated heterocycles. The van der Waals surface area contributed by atoms with Crippen LogP contribution < -0.4 is 10.2 Å². The summed E-state index contributed by atoms with van der Waals surface area (Å²) in [4.78, 5) is 16.4. The third-order valence-corrected chi connectivity index (χ3v) is 2.98. The Morgan fingerprint density at radius 2 is 2.53 bits per heavy atom. The highest BCUT2D eigenvalue weighted by Gasteiger charge is 2.22. The van der Waals surface area contributed by atoms with Gasteiger partial charge in [0.2, 0.25) is 5.82 Å². The standard InChI is InChI=1S/C11H16N4O2/c1-14(8-9-4-2-6-12-9)11-10(15(16)17)5-3-7-13-11/h3,5,7,9,12H,2,4,6,8H2,1H3. The van der Waals surface area contributed by atoms with Gasteiger partial charge in [-0.25, -0.2) is 4.98 Å². The average Bonchev–Trinajstić information content (AvgIpc) is 2.81. The van der Waals surface area contributed by atoms with Gasteiger partial charge in [0.25, 0.3) is 0 Å². The zero-order valence-corrected chi connectivity index (χ0v) is 9.80. The lowest BCUT2D eigenvalue weighted by Crippen LogP contribution is -2.35. The van der Waals surface area contributed by atoms with Crippen LogP contribution in [-0.4, -0.2) is 36.1 Å². The van der Waals surface area contributed by atoms with Gasteiger partial charge in [-0.1, -0.05) is 0 Å². The molecule has 2 rings (SSSR count). The van der Waals surface area contributed by atoms with E-state index in [0.717, 1.165) is 19.5 Å². The van der Waals surface area contributed by atoms with Crippen molar-refractivity contribution in [1.82, 2.24) is 10.3 Å². The second kappa shape index (κ2) is 5.09. The predicted octanol–water partition coefficient (Wildman–Crippen LogP) is 1.18. The summed E-state index contributed by atoms with van der Waals surface area (Å²) >= 11 is 0. The molecule has 6 heteroatoms. The maximum atomic E-state index is 10.9. The lowest BCUT2D eigenvalue weighted by Gasteiger charge is -2.21. The summed E-state index contributed by atoms with van der Waals surface area (Å²) < 4.78 is 0. The minimum absolute atomic E-state index is 0.0630. The largest absolute Gasteiger partial charge is 0.352 e. The Morgan fingerprint density at radius 3 is 3.18 bits per heavy atom. The highest BCUT2D eigenvalue weighted by molar-refractivity contribution is 5.56. The van der Waals surface area contributed by atoms with E-state index in [-0.39, 0.29) is 10.6 Å². The average molecular weight is 236 g/mol. The number of nitrogens with zero attached hydrogens (tertiary/aromatic N) is 3. The number of nitrogens with one attached hydrogen (secondary N) is 1. The van der Waals surface area contributed by atoms with E-state index in [1.807, 2.05) is 11.9 Å². The monoisotopic (exact) mass is 236 g/mol. The summed E-state index contributed by atoms with van der Waals surface area (Å²) in [5.74, 6) is 0.436. The molecular weight excluding hydrogens is 220 g/mol. The van der Waals surface area contributed by atoms with Crippen molar-refractivity contribution < 1.29 is 4.92 Å². The molecular formula is C11H16N4O2. The Bertz CT molecular complexity index is 404. The third-order valence-electron chi connectivity index (χ3n) is 2.98. The highest BCUT2D eigenvalue weighted by Crippen LogP contribution is 2.24. The fourth-order valence-electron chi connectivity index (χ4n) is 2.15. The maximum Gasteiger partial charge on any atom is 0.311 e. The van der Waals surface area contributed by atoms with Crippen LogP contribution in [-0.2, 0) is 0 Å². The Hall–Kier alpha value is -1.69. The van der Waals surface area contributed by atoms with Gasteiger partial charge < -0.3 is 10.2 Å². The van der Waals surface area contributed by atoms with Gasteiger partial charge in [-0.3, -0.25) is 10.1 Å². The molecule has 1 aliphatic rings. The molecule has 6 nitrogen and oxygen atoms in total. The lowest BCUT2D eigenvalue weighted by atomic mass is 10.2. The first-order valence-corrected chi connectivity index (χ1v) is 5.72. The molecule has 1 unspecified atom stereocenters. The smallest absolute Gasteiger partial charge is 0.311 e. The number of hydrogen-bond acceptors (Lipinski definition) is 5. The zero-order valence-electron chi connectivity index (χ0n) is 9.80. The van der Waals surface area contributed by atoms with Crippen molar-refractivity contribution in [3.8, 4) is 0 Å². The molecule has 1 fully saturated rings. The zero-order chi connectivity index (χ0) is 12.3. The van der Waals surface area contributed by atoms with Crippen molar-refractivity contribution in [2.45, 2.75) is 18.9 Å². The fraction of sp³-hybridized carbons (Fsp3) is 0.545. The van der Waals surface area contributed by atoms with Crippen LogP contribution in [0.4, 0.5) is 11.5 Å². The van der Waals surface area contributed by atoms with E-state index in [2.05, 4.69) is 10.3 Å². The third kappa shape index (κ3) is 2.71. The summed E-state index contributed by atoms with van der Waals surface area (Å²) in [5, 5.41) is 14.3. The van der Waals surface area contributed by atoms with Crippen molar-refractivity contribution in [3.63, 3.8) is 0 Å². The summed E-state index contributed by atoms with van der Waals surface area (Å²) in [6.07, 6.45) is 3.87. The van der Waals surface area contributed by atoms with Gasteiger partial charge in [-0.15, -0.1) is 0 Å². The minimum Gasteiger partial charge on any atom is -0.352 e. The number of aromatic nitrogens is 1. The summed E-state index contributed by atoms with van der Waals surface area (Å²) in [6.45, 7) is 1.78. The van der Waals surface area contributed by atoms with Crippen LogP contribution in [0, 0.1) is 10.1 Å². The molecule has 0 aliphatic carbocycles. The molecule has 1 aromatic heterocycles. The molecule has 1 atom stereocenters. The molecule has 2 heterocycles. The molecule has 1 aromatic rings. The van der Waals surface area contributed by atoms with Crippen molar-refractivity contribution in [1.29, 1.82) is 0 Å². The van der Waals surface area contributed by atoms with Gasteiger partial charge in [0.05, 0.1) is 4.92 Å². The van der Waals surface area contributed by atoms with Crippen molar-refractivity contribution in [3.05, 3.63) is 28.4 Å². The number of pyridine rings is 1. The van der Waals surface area contributed by atoms with E-state index in [1.54, 1.807) is 12.3 Å². The maximum absolute atomic E-state index is 10.9. The van der Waals surface area contributed by atoms with E-state index in [1.165, 1.54) is 12.5 Å². The number of rotatable bonds is 4. The van der Waals surface area contributed by atoms with Crippen LogP contribution in [0.3, 0.4) is 0 Å². The molecule has 0 saturated carbocycles. The van der Waals surface area contributed by atoms with E-state index in [4.69, 9.17) is 0 Å². The van der Waals surface area contributed by atoms with Gasteiger partial charge in [0.15, 0.2) is 0 Å². The van der Waals surface area contributed by atoms with E-state index in [0.29, 0.717) is 11.9 Å². The summed E-state index contributed by atoms with van der Waals surface area (Å²) in [5.41, 5.74) is 0.0630. The van der Waals surface area contributed by atoms with E-state index >= 15 is 0 Å². The molecule has 0 radical (unpaired) electrons. The fourth-order valence-corrected chi connectivity index (χ4v) is 2.15. The van der Waals surface area contributed by atoms with Crippen molar-refractivity contribution >= 4 is 11.5 Å². The second-order valence-corrected chi connectivity index (χ2v) is 4.28. The Balaban J connectivity index is 2.12. The second-order valence-electron chi connectivity index (χ2n) is 4.28.